The molecule has 0 amide bonds. The number of hydrogen-bond acceptors (Lipinski definition) is 5. The van der Waals surface area contributed by atoms with Gasteiger partial charge in [0.2, 0.25) is 0 Å². The fourth-order valence-electron chi connectivity index (χ4n) is 3.51. The Hall–Kier alpha value is -0.920. The van der Waals surface area contributed by atoms with Crippen molar-refractivity contribution in [1.82, 2.24) is 20.0 Å². The summed E-state index contributed by atoms with van der Waals surface area (Å²) in [7, 11) is -2.81. The molecule has 0 unspecified atom stereocenters. The zero-order valence-electron chi connectivity index (χ0n) is 14.0. The van der Waals surface area contributed by atoms with E-state index < -0.39 is 9.84 Å². The van der Waals surface area contributed by atoms with Crippen LogP contribution in [0.3, 0.4) is 0 Å². The lowest BCUT2D eigenvalue weighted by Crippen LogP contribution is -2.33. The quantitative estimate of drug-likeness (QED) is 0.835. The van der Waals surface area contributed by atoms with E-state index >= 15 is 0 Å². The van der Waals surface area contributed by atoms with Crippen molar-refractivity contribution in [2.45, 2.75) is 51.7 Å². The zero-order valence-corrected chi connectivity index (χ0v) is 14.8. The van der Waals surface area contributed by atoms with Crippen LogP contribution in [0.2, 0.25) is 0 Å². The molecule has 130 valence electrons. The van der Waals surface area contributed by atoms with Crippen LogP contribution in [0.4, 0.5) is 0 Å². The number of nitrogens with zero attached hydrogens (tertiary/aromatic N) is 3. The molecule has 6 nitrogen and oxygen atoms in total. The molecule has 0 spiro atoms. The highest BCUT2D eigenvalue weighted by atomic mass is 32.2. The van der Waals surface area contributed by atoms with E-state index in [4.69, 9.17) is 0 Å². The molecule has 2 aliphatic rings. The van der Waals surface area contributed by atoms with E-state index in [0.29, 0.717) is 12.3 Å². The van der Waals surface area contributed by atoms with E-state index in [1.165, 1.54) is 43.6 Å². The fraction of sp³-hybridized carbons (Fsp3) is 0.812. The van der Waals surface area contributed by atoms with Crippen molar-refractivity contribution in [3.8, 4) is 0 Å². The van der Waals surface area contributed by atoms with Gasteiger partial charge in [-0.15, -0.1) is 0 Å². The Morgan fingerprint density at radius 3 is 2.74 bits per heavy atom. The number of sulfone groups is 1. The monoisotopic (exact) mass is 340 g/mol. The minimum absolute atomic E-state index is 0.0936. The topological polar surface area (TPSA) is 67.2 Å². The van der Waals surface area contributed by atoms with Crippen molar-refractivity contribution in [2.24, 2.45) is 0 Å². The van der Waals surface area contributed by atoms with Crippen LogP contribution in [0.1, 0.15) is 36.9 Å². The highest BCUT2D eigenvalue weighted by Crippen LogP contribution is 2.14. The van der Waals surface area contributed by atoms with Gasteiger partial charge < -0.3 is 10.2 Å². The van der Waals surface area contributed by atoms with Gasteiger partial charge in [-0.2, -0.15) is 5.10 Å². The van der Waals surface area contributed by atoms with E-state index in [1.807, 2.05) is 6.20 Å². The maximum absolute atomic E-state index is 11.5. The second-order valence-corrected chi connectivity index (χ2v) is 9.09. The normalized spacial score (nSPS) is 25.0. The van der Waals surface area contributed by atoms with Crippen molar-refractivity contribution in [3.63, 3.8) is 0 Å². The molecule has 0 aromatic carbocycles. The van der Waals surface area contributed by atoms with Gasteiger partial charge in [-0.1, -0.05) is 6.42 Å². The summed E-state index contributed by atoms with van der Waals surface area (Å²) in [6.07, 6.45) is 6.64. The molecule has 0 aliphatic carbocycles. The van der Waals surface area contributed by atoms with Crippen molar-refractivity contribution >= 4 is 9.84 Å². The summed E-state index contributed by atoms with van der Waals surface area (Å²) in [5, 5.41) is 7.88. The molecule has 0 bridgehead atoms. The molecule has 1 N–H and O–H groups in total. The van der Waals surface area contributed by atoms with Crippen LogP contribution in [0.25, 0.3) is 0 Å². The summed E-state index contributed by atoms with van der Waals surface area (Å²) in [4.78, 5) is 2.52. The lowest BCUT2D eigenvalue weighted by Gasteiger charge is -2.26. The van der Waals surface area contributed by atoms with Gasteiger partial charge in [0.1, 0.15) is 0 Å². The number of likely N-dealkylation sites (tertiary alicyclic amines) is 1. The Kier molecular flexibility index (Phi) is 5.38. The average molecular weight is 340 g/mol. The predicted molar refractivity (Wildman–Crippen MR) is 91.2 cm³/mol. The molecule has 1 atom stereocenters. The Morgan fingerprint density at radius 1 is 1.26 bits per heavy atom. The smallest absolute Gasteiger partial charge is 0.151 e. The molecule has 7 heteroatoms. The fourth-order valence-corrected chi connectivity index (χ4v) is 5.22. The zero-order chi connectivity index (χ0) is 16.3. The average Bonchev–Trinajstić information content (AvgIpc) is 3.07. The summed E-state index contributed by atoms with van der Waals surface area (Å²) < 4.78 is 25.1. The van der Waals surface area contributed by atoms with Crippen LogP contribution in [0, 0.1) is 6.92 Å². The Balaban J connectivity index is 1.48. The molecule has 3 heterocycles. The van der Waals surface area contributed by atoms with Crippen molar-refractivity contribution in [1.29, 1.82) is 0 Å². The van der Waals surface area contributed by atoms with Crippen molar-refractivity contribution < 1.29 is 8.42 Å². The number of piperidine rings is 1. The van der Waals surface area contributed by atoms with E-state index in [0.717, 1.165) is 19.5 Å². The maximum atomic E-state index is 11.5. The van der Waals surface area contributed by atoms with Crippen LogP contribution >= 0.6 is 0 Å². The summed E-state index contributed by atoms with van der Waals surface area (Å²) >= 11 is 0. The second kappa shape index (κ2) is 7.32. The van der Waals surface area contributed by atoms with Gasteiger partial charge in [0, 0.05) is 30.4 Å². The molecule has 2 fully saturated rings. The first-order chi connectivity index (χ1) is 11.0. The van der Waals surface area contributed by atoms with E-state index in [2.05, 4.69) is 26.9 Å². The number of rotatable bonds is 6. The maximum Gasteiger partial charge on any atom is 0.151 e. The molecule has 0 radical (unpaired) electrons. The molecule has 1 aromatic rings. The van der Waals surface area contributed by atoms with Crippen LogP contribution in [-0.4, -0.2) is 60.3 Å². The highest BCUT2D eigenvalue weighted by Gasteiger charge is 2.27. The molecule has 0 saturated carbocycles. The lowest BCUT2D eigenvalue weighted by atomic mass is 10.1. The summed E-state index contributed by atoms with van der Waals surface area (Å²) in [6.45, 7) is 7.23. The van der Waals surface area contributed by atoms with Crippen molar-refractivity contribution in [2.75, 3.05) is 31.1 Å². The van der Waals surface area contributed by atoms with Crippen molar-refractivity contribution in [3.05, 3.63) is 17.5 Å². The standard InChI is InChI=1S/C16H28N4O2S/c1-14-15(11-17-16-5-10-23(21,22)13-16)12-18-20(14)9-8-19-6-3-2-4-7-19/h12,16-17H,2-11,13H2,1H3/t16-/m0/s1. The van der Waals surface area contributed by atoms with Crippen LogP contribution < -0.4 is 5.32 Å². The molecular formula is C16H28N4O2S. The third kappa shape index (κ3) is 4.55. The number of aromatic nitrogens is 2. The van der Waals surface area contributed by atoms with Gasteiger partial charge in [-0.05, 0) is 39.3 Å². The third-order valence-corrected chi connectivity index (χ3v) is 6.86. The van der Waals surface area contributed by atoms with Gasteiger partial charge >= 0.3 is 0 Å². The molecule has 2 saturated heterocycles. The van der Waals surface area contributed by atoms with Crippen LogP contribution in [0.15, 0.2) is 6.20 Å². The largest absolute Gasteiger partial charge is 0.309 e. The van der Waals surface area contributed by atoms with Crippen LogP contribution in [0.5, 0.6) is 0 Å². The Labute approximate surface area is 139 Å². The van der Waals surface area contributed by atoms with E-state index in [-0.39, 0.29) is 11.8 Å². The Bertz CT molecular complexity index is 620. The molecule has 2 aliphatic heterocycles. The molecule has 23 heavy (non-hydrogen) atoms. The van der Waals surface area contributed by atoms with E-state index in [9.17, 15) is 8.42 Å². The molecule has 3 rings (SSSR count). The lowest BCUT2D eigenvalue weighted by molar-refractivity contribution is 0.217. The number of nitrogens with one attached hydrogen (secondary N) is 1. The first-order valence-electron chi connectivity index (χ1n) is 8.71. The highest BCUT2D eigenvalue weighted by molar-refractivity contribution is 7.91. The van der Waals surface area contributed by atoms with Gasteiger partial charge in [0.15, 0.2) is 9.84 Å². The van der Waals surface area contributed by atoms with Gasteiger partial charge in [-0.25, -0.2) is 8.42 Å². The third-order valence-electron chi connectivity index (χ3n) is 5.10. The SMILES string of the molecule is Cc1c(CN[C@H]2CCS(=O)(=O)C2)cnn1CCN1CCCCC1. The van der Waals surface area contributed by atoms with Gasteiger partial charge in [0.25, 0.3) is 0 Å². The molecular weight excluding hydrogens is 312 g/mol. The van der Waals surface area contributed by atoms with Gasteiger partial charge in [0.05, 0.1) is 24.2 Å². The first kappa shape index (κ1) is 16.9. The van der Waals surface area contributed by atoms with E-state index in [1.54, 1.807) is 0 Å². The minimum Gasteiger partial charge on any atom is -0.309 e. The summed E-state index contributed by atoms with van der Waals surface area (Å²) in [5.41, 5.74) is 2.36. The second-order valence-electron chi connectivity index (χ2n) is 6.86. The van der Waals surface area contributed by atoms with Gasteiger partial charge in [-0.3, -0.25) is 4.68 Å². The molecule has 1 aromatic heterocycles. The summed E-state index contributed by atoms with van der Waals surface area (Å²) in [5.74, 6) is 0.591. The number of hydrogen-bond donors (Lipinski definition) is 1. The minimum atomic E-state index is -2.81. The Morgan fingerprint density at radius 2 is 2.04 bits per heavy atom. The summed E-state index contributed by atoms with van der Waals surface area (Å²) in [6, 6.07) is 0.0936. The predicted octanol–water partition coefficient (Wildman–Crippen LogP) is 0.954. The first-order valence-corrected chi connectivity index (χ1v) is 10.5. The van der Waals surface area contributed by atoms with Crippen LogP contribution in [-0.2, 0) is 22.9 Å².